The molecular formula is C21H36O3Si. The third-order valence-electron chi connectivity index (χ3n) is 7.80. The summed E-state index contributed by atoms with van der Waals surface area (Å²) in [6, 6.07) is 0. The van der Waals surface area contributed by atoms with E-state index in [0.717, 1.165) is 32.1 Å². The Morgan fingerprint density at radius 2 is 1.80 bits per heavy atom. The van der Waals surface area contributed by atoms with Crippen LogP contribution in [0.5, 0.6) is 0 Å². The van der Waals surface area contributed by atoms with Crippen LogP contribution < -0.4 is 0 Å². The zero-order valence-electron chi connectivity index (χ0n) is 17.0. The molecule has 0 aromatic carbocycles. The maximum atomic E-state index is 13.0. The Kier molecular flexibility index (Phi) is 4.86. The summed E-state index contributed by atoms with van der Waals surface area (Å²) in [5.41, 5.74) is -0.221. The topological polar surface area (TPSA) is 43.4 Å². The Balaban J connectivity index is 2.07. The molecule has 0 aliphatic heterocycles. The third kappa shape index (κ3) is 3.07. The molecule has 0 radical (unpaired) electrons. The Hall–Kier alpha value is -0.483. The van der Waals surface area contributed by atoms with Gasteiger partial charge >= 0.3 is 0 Å². The molecule has 0 aromatic rings. The van der Waals surface area contributed by atoms with Gasteiger partial charge in [0.25, 0.3) is 0 Å². The van der Waals surface area contributed by atoms with Gasteiger partial charge in [-0.2, -0.15) is 0 Å². The number of carbonyl (C=O) groups excluding carboxylic acids is 2. The summed E-state index contributed by atoms with van der Waals surface area (Å²) in [6.07, 6.45) is 6.95. The molecule has 0 heterocycles. The van der Waals surface area contributed by atoms with E-state index in [1.165, 1.54) is 6.42 Å². The minimum Gasteiger partial charge on any atom is -0.413 e. The highest BCUT2D eigenvalue weighted by Gasteiger charge is 2.62. The van der Waals surface area contributed by atoms with E-state index in [-0.39, 0.29) is 40.0 Å². The predicted octanol–water partition coefficient (Wildman–Crippen LogP) is 5.14. The van der Waals surface area contributed by atoms with Gasteiger partial charge in [-0.1, -0.05) is 40.5 Å². The molecule has 2 bridgehead atoms. The normalized spacial score (nSPS) is 39.8. The van der Waals surface area contributed by atoms with E-state index in [1.54, 1.807) is 0 Å². The molecule has 25 heavy (non-hydrogen) atoms. The lowest BCUT2D eigenvalue weighted by Crippen LogP contribution is -2.53. The summed E-state index contributed by atoms with van der Waals surface area (Å²) in [7, 11) is -1.96. The summed E-state index contributed by atoms with van der Waals surface area (Å²) < 4.78 is 7.05. The molecule has 5 atom stereocenters. The molecule has 142 valence electrons. The van der Waals surface area contributed by atoms with Crippen molar-refractivity contribution in [1.82, 2.24) is 0 Å². The molecule has 0 N–H and O–H groups in total. The van der Waals surface area contributed by atoms with Crippen molar-refractivity contribution in [3.8, 4) is 0 Å². The van der Waals surface area contributed by atoms with Crippen LogP contribution in [0.25, 0.3) is 0 Å². The van der Waals surface area contributed by atoms with E-state index < -0.39 is 8.32 Å². The molecule has 3 rings (SSSR count). The molecule has 3 saturated carbocycles. The summed E-state index contributed by atoms with van der Waals surface area (Å²) in [4.78, 5) is 25.9. The maximum Gasteiger partial charge on any atom is 0.192 e. The average molecular weight is 365 g/mol. The highest BCUT2D eigenvalue weighted by Crippen LogP contribution is 2.59. The number of carbonyl (C=O) groups is 2. The standard InChI is InChI=1S/C21H36O3Si/c1-14-13-21-12-8-7-9-15(10-11-16(22)17(21)18(14)23)19(21)24-25(5,6)20(2,3)4/h14-15,17,19H,7-13H2,1-6H3/t14-,15+,17+,19+,21+/m1/s1. The van der Waals surface area contributed by atoms with E-state index in [4.69, 9.17) is 4.43 Å². The largest absolute Gasteiger partial charge is 0.413 e. The second-order valence-electron chi connectivity index (χ2n) is 10.5. The first-order valence-corrected chi connectivity index (χ1v) is 13.1. The number of Topliss-reactive ketones (excluding diaryl/α,β-unsaturated/α-hetero) is 2. The van der Waals surface area contributed by atoms with Crippen LogP contribution in [-0.4, -0.2) is 26.0 Å². The maximum absolute atomic E-state index is 13.0. The summed E-state index contributed by atoms with van der Waals surface area (Å²) in [6.45, 7) is 13.5. The molecule has 0 amide bonds. The Morgan fingerprint density at radius 3 is 2.44 bits per heavy atom. The van der Waals surface area contributed by atoms with Crippen molar-refractivity contribution in [3.05, 3.63) is 0 Å². The van der Waals surface area contributed by atoms with Crippen LogP contribution in [0, 0.1) is 23.2 Å². The number of hydrogen-bond acceptors (Lipinski definition) is 3. The van der Waals surface area contributed by atoms with Gasteiger partial charge in [0.15, 0.2) is 8.32 Å². The zero-order valence-corrected chi connectivity index (χ0v) is 18.0. The van der Waals surface area contributed by atoms with Gasteiger partial charge in [0, 0.05) is 17.8 Å². The van der Waals surface area contributed by atoms with Gasteiger partial charge in [0.05, 0.1) is 12.0 Å². The van der Waals surface area contributed by atoms with Crippen LogP contribution in [0.2, 0.25) is 18.1 Å². The highest BCUT2D eigenvalue weighted by molar-refractivity contribution is 6.74. The van der Waals surface area contributed by atoms with Crippen LogP contribution >= 0.6 is 0 Å². The van der Waals surface area contributed by atoms with Gasteiger partial charge < -0.3 is 4.43 Å². The number of ketones is 2. The first-order chi connectivity index (χ1) is 11.5. The molecule has 4 heteroatoms. The molecule has 3 aliphatic rings. The van der Waals surface area contributed by atoms with Gasteiger partial charge in [-0.25, -0.2) is 0 Å². The second-order valence-corrected chi connectivity index (χ2v) is 15.2. The first-order valence-electron chi connectivity index (χ1n) is 10.2. The molecule has 3 nitrogen and oxygen atoms in total. The zero-order chi connectivity index (χ0) is 18.6. The van der Waals surface area contributed by atoms with E-state index in [1.807, 2.05) is 6.92 Å². The van der Waals surface area contributed by atoms with Gasteiger partial charge in [0.2, 0.25) is 0 Å². The van der Waals surface area contributed by atoms with Crippen LogP contribution in [0.3, 0.4) is 0 Å². The number of fused-ring (bicyclic) bond motifs is 1. The van der Waals surface area contributed by atoms with Crippen molar-refractivity contribution >= 4 is 19.9 Å². The summed E-state index contributed by atoms with van der Waals surface area (Å²) >= 11 is 0. The van der Waals surface area contributed by atoms with Gasteiger partial charge in [-0.3, -0.25) is 9.59 Å². The Morgan fingerprint density at radius 1 is 1.12 bits per heavy atom. The lowest BCUT2D eigenvalue weighted by Gasteiger charge is -2.48. The lowest BCUT2D eigenvalue weighted by molar-refractivity contribution is -0.137. The Bertz CT molecular complexity index is 562. The first kappa shape index (κ1) is 19.3. The SMILES string of the molecule is C[C@@H]1C[C@@]23CCCC[C@@H](CCC(=O)[C@H]2C1=O)[C@@H]3O[Si](C)(C)C(C)(C)C. The summed E-state index contributed by atoms with van der Waals surface area (Å²) in [5.74, 6) is 0.485. The van der Waals surface area contributed by atoms with Gasteiger partial charge in [0.1, 0.15) is 11.6 Å². The highest BCUT2D eigenvalue weighted by atomic mass is 28.4. The molecule has 0 aromatic heterocycles. The van der Waals surface area contributed by atoms with Gasteiger partial charge in [-0.15, -0.1) is 0 Å². The molecule has 3 fully saturated rings. The third-order valence-corrected chi connectivity index (χ3v) is 12.3. The van der Waals surface area contributed by atoms with Crippen molar-refractivity contribution in [2.24, 2.45) is 23.2 Å². The number of hydrogen-bond donors (Lipinski definition) is 0. The molecule has 0 unspecified atom stereocenters. The minimum atomic E-state index is -1.96. The van der Waals surface area contributed by atoms with Crippen LogP contribution in [0.4, 0.5) is 0 Å². The average Bonchev–Trinajstić information content (AvgIpc) is 2.59. The fourth-order valence-electron chi connectivity index (χ4n) is 5.46. The minimum absolute atomic E-state index is 0.0105. The predicted molar refractivity (Wildman–Crippen MR) is 103 cm³/mol. The quantitative estimate of drug-likeness (QED) is 0.503. The van der Waals surface area contributed by atoms with Crippen LogP contribution in [0.1, 0.15) is 72.6 Å². The Labute approximate surface area is 154 Å². The fourth-order valence-corrected chi connectivity index (χ4v) is 6.88. The molecule has 0 saturated heterocycles. The van der Waals surface area contributed by atoms with E-state index in [0.29, 0.717) is 12.3 Å². The van der Waals surface area contributed by atoms with Crippen LogP contribution in [-0.2, 0) is 14.0 Å². The van der Waals surface area contributed by atoms with E-state index in [9.17, 15) is 9.59 Å². The van der Waals surface area contributed by atoms with E-state index >= 15 is 0 Å². The van der Waals surface area contributed by atoms with E-state index in [2.05, 4.69) is 33.9 Å². The van der Waals surface area contributed by atoms with Crippen molar-refractivity contribution in [2.75, 3.05) is 0 Å². The monoisotopic (exact) mass is 364 g/mol. The smallest absolute Gasteiger partial charge is 0.192 e. The number of rotatable bonds is 2. The molecular weight excluding hydrogens is 328 g/mol. The molecule has 1 spiro atoms. The second kappa shape index (κ2) is 6.30. The lowest BCUT2D eigenvalue weighted by atomic mass is 9.68. The van der Waals surface area contributed by atoms with Crippen molar-refractivity contribution < 1.29 is 14.0 Å². The van der Waals surface area contributed by atoms with Gasteiger partial charge in [-0.05, 0) is 49.7 Å². The van der Waals surface area contributed by atoms with Crippen molar-refractivity contribution in [2.45, 2.75) is 96.9 Å². The van der Waals surface area contributed by atoms with Crippen LogP contribution in [0.15, 0.2) is 0 Å². The molecule has 3 aliphatic carbocycles. The summed E-state index contributed by atoms with van der Waals surface area (Å²) in [5, 5.41) is 0.146. The van der Waals surface area contributed by atoms with Crippen molar-refractivity contribution in [1.29, 1.82) is 0 Å². The van der Waals surface area contributed by atoms with Crippen molar-refractivity contribution in [3.63, 3.8) is 0 Å². The fraction of sp³-hybridized carbons (Fsp3) is 0.905.